The third-order valence-corrected chi connectivity index (χ3v) is 2.34. The van der Waals surface area contributed by atoms with E-state index in [0.29, 0.717) is 0 Å². The number of halogens is 1. The average Bonchev–Trinajstić information content (AvgIpc) is 2.20. The maximum absolute atomic E-state index is 10.8. The standard InChI is InChI=1S/C10H14ClN3O2/c1-3-4-7(2)13-10-9(14(15)16)5-8(11)6-12-10/h5-7H,3-4H2,1-2H3,(H,12,13). The van der Waals surface area contributed by atoms with Gasteiger partial charge in [0.05, 0.1) is 9.95 Å². The van der Waals surface area contributed by atoms with Crippen LogP contribution in [0.3, 0.4) is 0 Å². The van der Waals surface area contributed by atoms with Crippen molar-refractivity contribution >= 4 is 23.1 Å². The molecular formula is C10H14ClN3O2. The van der Waals surface area contributed by atoms with Crippen LogP contribution in [0.4, 0.5) is 11.5 Å². The number of nitro groups is 1. The van der Waals surface area contributed by atoms with E-state index in [2.05, 4.69) is 17.2 Å². The van der Waals surface area contributed by atoms with Crippen molar-refractivity contribution in [3.8, 4) is 0 Å². The predicted molar refractivity (Wildman–Crippen MR) is 63.9 cm³/mol. The van der Waals surface area contributed by atoms with Crippen LogP contribution >= 0.6 is 11.6 Å². The molecule has 1 atom stereocenters. The van der Waals surface area contributed by atoms with E-state index in [0.717, 1.165) is 12.8 Å². The Morgan fingerprint density at radius 2 is 2.38 bits per heavy atom. The minimum Gasteiger partial charge on any atom is -0.362 e. The Kier molecular flexibility index (Phi) is 4.49. The molecule has 0 bridgehead atoms. The van der Waals surface area contributed by atoms with Crippen LogP contribution in [0.2, 0.25) is 5.02 Å². The van der Waals surface area contributed by atoms with E-state index in [-0.39, 0.29) is 22.6 Å². The van der Waals surface area contributed by atoms with E-state index in [1.807, 2.05) is 6.92 Å². The molecule has 0 radical (unpaired) electrons. The molecule has 0 fully saturated rings. The van der Waals surface area contributed by atoms with Crippen molar-refractivity contribution in [3.05, 3.63) is 27.4 Å². The maximum atomic E-state index is 10.8. The molecule has 1 aromatic rings. The number of nitrogens with one attached hydrogen (secondary N) is 1. The third-order valence-electron chi connectivity index (χ3n) is 2.14. The van der Waals surface area contributed by atoms with E-state index in [4.69, 9.17) is 11.6 Å². The van der Waals surface area contributed by atoms with Gasteiger partial charge in [0.1, 0.15) is 0 Å². The molecule has 0 saturated carbocycles. The number of hydrogen-bond donors (Lipinski definition) is 1. The molecule has 1 rings (SSSR count). The molecule has 0 spiro atoms. The number of nitrogens with zero attached hydrogens (tertiary/aromatic N) is 2. The Labute approximate surface area is 99.0 Å². The second-order valence-electron chi connectivity index (χ2n) is 3.61. The Morgan fingerprint density at radius 1 is 1.69 bits per heavy atom. The second kappa shape index (κ2) is 5.65. The monoisotopic (exact) mass is 243 g/mol. The first kappa shape index (κ1) is 12.7. The lowest BCUT2D eigenvalue weighted by Gasteiger charge is -2.13. The van der Waals surface area contributed by atoms with Crippen molar-refractivity contribution < 1.29 is 4.92 Å². The fourth-order valence-corrected chi connectivity index (χ4v) is 1.57. The van der Waals surface area contributed by atoms with Crippen LogP contribution < -0.4 is 5.32 Å². The van der Waals surface area contributed by atoms with Crippen molar-refractivity contribution in [2.24, 2.45) is 0 Å². The quantitative estimate of drug-likeness (QED) is 0.637. The summed E-state index contributed by atoms with van der Waals surface area (Å²) in [7, 11) is 0. The molecule has 0 amide bonds. The lowest BCUT2D eigenvalue weighted by molar-refractivity contribution is -0.384. The number of rotatable bonds is 5. The summed E-state index contributed by atoms with van der Waals surface area (Å²) in [6, 6.07) is 1.45. The lowest BCUT2D eigenvalue weighted by atomic mass is 10.2. The van der Waals surface area contributed by atoms with Gasteiger partial charge in [-0.1, -0.05) is 24.9 Å². The highest BCUT2D eigenvalue weighted by Crippen LogP contribution is 2.25. The largest absolute Gasteiger partial charge is 0.362 e. The molecule has 6 heteroatoms. The van der Waals surface area contributed by atoms with Gasteiger partial charge in [0.25, 0.3) is 0 Å². The SMILES string of the molecule is CCCC(C)Nc1ncc(Cl)cc1[N+](=O)[O-]. The van der Waals surface area contributed by atoms with Crippen molar-refractivity contribution in [1.29, 1.82) is 0 Å². The first-order valence-electron chi connectivity index (χ1n) is 5.11. The summed E-state index contributed by atoms with van der Waals surface area (Å²) in [5.41, 5.74) is -0.0875. The van der Waals surface area contributed by atoms with Crippen molar-refractivity contribution in [1.82, 2.24) is 4.98 Å². The second-order valence-corrected chi connectivity index (χ2v) is 4.05. The zero-order valence-electron chi connectivity index (χ0n) is 9.24. The van der Waals surface area contributed by atoms with Crippen LogP contribution in [0, 0.1) is 10.1 Å². The third kappa shape index (κ3) is 3.34. The Balaban J connectivity index is 2.90. The molecule has 5 nitrogen and oxygen atoms in total. The van der Waals surface area contributed by atoms with E-state index in [1.54, 1.807) is 0 Å². The molecule has 0 aromatic carbocycles. The average molecular weight is 244 g/mol. The van der Waals surface area contributed by atoms with Crippen molar-refractivity contribution in [2.45, 2.75) is 32.7 Å². The Morgan fingerprint density at radius 3 is 2.94 bits per heavy atom. The van der Waals surface area contributed by atoms with Crippen LogP contribution in [0.1, 0.15) is 26.7 Å². The molecule has 1 aromatic heterocycles. The summed E-state index contributed by atoms with van der Waals surface area (Å²) in [4.78, 5) is 14.2. The van der Waals surface area contributed by atoms with Crippen LogP contribution in [-0.2, 0) is 0 Å². The molecule has 0 aliphatic carbocycles. The molecule has 1 N–H and O–H groups in total. The zero-order chi connectivity index (χ0) is 12.1. The molecule has 0 aliphatic heterocycles. The van der Waals surface area contributed by atoms with E-state index < -0.39 is 4.92 Å². The summed E-state index contributed by atoms with van der Waals surface area (Å²) in [5, 5.41) is 14.1. The van der Waals surface area contributed by atoms with E-state index in [1.165, 1.54) is 12.3 Å². The van der Waals surface area contributed by atoms with Gasteiger partial charge in [-0.2, -0.15) is 0 Å². The first-order chi connectivity index (χ1) is 7.54. The summed E-state index contributed by atoms with van der Waals surface area (Å²) >= 11 is 5.66. The van der Waals surface area contributed by atoms with E-state index >= 15 is 0 Å². The fourth-order valence-electron chi connectivity index (χ4n) is 1.42. The number of pyridine rings is 1. The van der Waals surface area contributed by atoms with Gasteiger partial charge in [-0.25, -0.2) is 4.98 Å². The highest BCUT2D eigenvalue weighted by Gasteiger charge is 2.17. The zero-order valence-corrected chi connectivity index (χ0v) is 9.99. The van der Waals surface area contributed by atoms with Gasteiger partial charge in [-0.05, 0) is 13.3 Å². The van der Waals surface area contributed by atoms with Crippen LogP contribution in [0.25, 0.3) is 0 Å². The summed E-state index contributed by atoms with van der Waals surface area (Å²) < 4.78 is 0. The van der Waals surface area contributed by atoms with Crippen LogP contribution in [0.5, 0.6) is 0 Å². The molecule has 1 unspecified atom stereocenters. The van der Waals surface area contributed by atoms with Gasteiger partial charge < -0.3 is 5.32 Å². The summed E-state index contributed by atoms with van der Waals surface area (Å²) in [6.07, 6.45) is 3.34. The van der Waals surface area contributed by atoms with Crippen LogP contribution in [0.15, 0.2) is 12.3 Å². The number of anilines is 1. The van der Waals surface area contributed by atoms with Gasteiger partial charge >= 0.3 is 5.69 Å². The molecule has 16 heavy (non-hydrogen) atoms. The predicted octanol–water partition coefficient (Wildman–Crippen LogP) is 3.24. The van der Waals surface area contributed by atoms with Crippen molar-refractivity contribution in [3.63, 3.8) is 0 Å². The van der Waals surface area contributed by atoms with E-state index in [9.17, 15) is 10.1 Å². The smallest absolute Gasteiger partial charge is 0.312 e. The normalized spacial score (nSPS) is 12.2. The summed E-state index contributed by atoms with van der Waals surface area (Å²) in [6.45, 7) is 4.02. The van der Waals surface area contributed by atoms with Crippen molar-refractivity contribution in [2.75, 3.05) is 5.32 Å². The van der Waals surface area contributed by atoms with Gasteiger partial charge in [-0.3, -0.25) is 10.1 Å². The molecule has 0 saturated heterocycles. The Bertz CT molecular complexity index is 384. The molecule has 88 valence electrons. The molecular weight excluding hydrogens is 230 g/mol. The first-order valence-corrected chi connectivity index (χ1v) is 5.48. The maximum Gasteiger partial charge on any atom is 0.312 e. The topological polar surface area (TPSA) is 68.1 Å². The number of hydrogen-bond acceptors (Lipinski definition) is 4. The fraction of sp³-hybridized carbons (Fsp3) is 0.500. The minimum atomic E-state index is -0.486. The van der Waals surface area contributed by atoms with Gasteiger partial charge in [-0.15, -0.1) is 0 Å². The number of aromatic nitrogens is 1. The Hall–Kier alpha value is -1.36. The molecule has 1 heterocycles. The minimum absolute atomic E-state index is 0.0875. The van der Waals surface area contributed by atoms with Crippen LogP contribution in [-0.4, -0.2) is 15.9 Å². The van der Waals surface area contributed by atoms with Gasteiger partial charge in [0.15, 0.2) is 0 Å². The van der Waals surface area contributed by atoms with Gasteiger partial charge in [0.2, 0.25) is 5.82 Å². The molecule has 0 aliphatic rings. The lowest BCUT2D eigenvalue weighted by Crippen LogP contribution is -2.16. The highest BCUT2D eigenvalue weighted by atomic mass is 35.5. The van der Waals surface area contributed by atoms with Gasteiger partial charge in [0, 0.05) is 18.3 Å². The highest BCUT2D eigenvalue weighted by molar-refractivity contribution is 6.30. The summed E-state index contributed by atoms with van der Waals surface area (Å²) in [5.74, 6) is 0.273.